The van der Waals surface area contributed by atoms with Crippen molar-refractivity contribution < 1.29 is 22.7 Å². The second-order valence-corrected chi connectivity index (χ2v) is 10.1. The van der Waals surface area contributed by atoms with Crippen molar-refractivity contribution in [3.8, 4) is 11.5 Å². The van der Waals surface area contributed by atoms with Crippen molar-refractivity contribution in [2.45, 2.75) is 19.4 Å². The van der Waals surface area contributed by atoms with Gasteiger partial charge in [-0.2, -0.15) is 4.31 Å². The third-order valence-corrected chi connectivity index (χ3v) is 7.59. The molecule has 2 aromatic carbocycles. The number of carbonyl (C=O) groups is 1. The molecule has 1 amide bonds. The number of hydrogen-bond acceptors (Lipinski definition) is 6. The standard InChI is InChI=1S/C24H33N3O5S/c1-31-22-9-6-20(7-10-22)8-11-24(28)26(19-21-4-3-5-23(18-21)32-2)16-17-33(29,30)27-14-12-25-13-15-27/h3-7,9-10,18,25H,8,11-17,19H2,1-2H3. The monoisotopic (exact) mass is 475 g/mol. The Morgan fingerprint density at radius 1 is 1.00 bits per heavy atom. The van der Waals surface area contributed by atoms with E-state index in [0.717, 1.165) is 16.9 Å². The second kappa shape index (κ2) is 12.0. The molecule has 1 aliphatic heterocycles. The molecule has 180 valence electrons. The van der Waals surface area contributed by atoms with Crippen LogP contribution in [0.4, 0.5) is 0 Å². The Labute approximate surface area is 196 Å². The van der Waals surface area contributed by atoms with Gasteiger partial charge in [0.2, 0.25) is 15.9 Å². The summed E-state index contributed by atoms with van der Waals surface area (Å²) in [7, 11) is -0.222. The Morgan fingerprint density at radius 3 is 2.36 bits per heavy atom. The molecular weight excluding hydrogens is 442 g/mol. The molecule has 8 nitrogen and oxygen atoms in total. The minimum absolute atomic E-state index is 0.0795. The van der Waals surface area contributed by atoms with Crippen LogP contribution < -0.4 is 14.8 Å². The zero-order valence-electron chi connectivity index (χ0n) is 19.3. The van der Waals surface area contributed by atoms with E-state index in [1.54, 1.807) is 19.1 Å². The zero-order chi connectivity index (χ0) is 23.7. The van der Waals surface area contributed by atoms with E-state index in [2.05, 4.69) is 5.32 Å². The van der Waals surface area contributed by atoms with Crippen LogP contribution in [0.15, 0.2) is 48.5 Å². The van der Waals surface area contributed by atoms with E-state index < -0.39 is 10.0 Å². The number of carbonyl (C=O) groups excluding carboxylic acids is 1. The van der Waals surface area contributed by atoms with Gasteiger partial charge in [0.15, 0.2) is 0 Å². The van der Waals surface area contributed by atoms with Crippen molar-refractivity contribution in [1.82, 2.24) is 14.5 Å². The number of aryl methyl sites for hydroxylation is 1. The maximum Gasteiger partial charge on any atom is 0.223 e. The summed E-state index contributed by atoms with van der Waals surface area (Å²) >= 11 is 0. The number of piperazine rings is 1. The van der Waals surface area contributed by atoms with Crippen LogP contribution in [0.5, 0.6) is 11.5 Å². The molecule has 1 heterocycles. The lowest BCUT2D eigenvalue weighted by Gasteiger charge is -2.28. The highest BCUT2D eigenvalue weighted by molar-refractivity contribution is 7.89. The van der Waals surface area contributed by atoms with Gasteiger partial charge in [0.25, 0.3) is 0 Å². The van der Waals surface area contributed by atoms with E-state index in [1.165, 1.54) is 4.31 Å². The van der Waals surface area contributed by atoms with Crippen molar-refractivity contribution in [3.05, 3.63) is 59.7 Å². The highest BCUT2D eigenvalue weighted by atomic mass is 32.2. The van der Waals surface area contributed by atoms with E-state index in [4.69, 9.17) is 9.47 Å². The summed E-state index contributed by atoms with van der Waals surface area (Å²) in [5, 5.41) is 3.16. The van der Waals surface area contributed by atoms with Gasteiger partial charge in [-0.3, -0.25) is 4.79 Å². The predicted octanol–water partition coefficient (Wildman–Crippen LogP) is 1.90. The zero-order valence-corrected chi connectivity index (χ0v) is 20.1. The third-order valence-electron chi connectivity index (χ3n) is 5.74. The van der Waals surface area contributed by atoms with Gasteiger partial charge in [0, 0.05) is 45.7 Å². The van der Waals surface area contributed by atoms with Gasteiger partial charge in [-0.25, -0.2) is 8.42 Å². The van der Waals surface area contributed by atoms with Crippen LogP contribution in [0.2, 0.25) is 0 Å². The Bertz CT molecular complexity index is 1010. The third kappa shape index (κ3) is 7.45. The van der Waals surface area contributed by atoms with E-state index >= 15 is 0 Å². The van der Waals surface area contributed by atoms with Gasteiger partial charge >= 0.3 is 0 Å². The summed E-state index contributed by atoms with van der Waals surface area (Å²) in [5.74, 6) is 1.30. The topological polar surface area (TPSA) is 88.2 Å². The van der Waals surface area contributed by atoms with Crippen LogP contribution >= 0.6 is 0 Å². The summed E-state index contributed by atoms with van der Waals surface area (Å²) in [4.78, 5) is 14.8. The molecule has 0 spiro atoms. The van der Waals surface area contributed by atoms with Crippen molar-refractivity contribution in [1.29, 1.82) is 0 Å². The molecule has 0 aliphatic carbocycles. The first kappa shape index (κ1) is 25.0. The van der Waals surface area contributed by atoms with E-state index in [1.807, 2.05) is 48.5 Å². The minimum Gasteiger partial charge on any atom is -0.497 e. The lowest BCUT2D eigenvalue weighted by molar-refractivity contribution is -0.131. The number of nitrogens with one attached hydrogen (secondary N) is 1. The summed E-state index contributed by atoms with van der Waals surface area (Å²) < 4.78 is 37.7. The molecule has 0 radical (unpaired) electrons. The van der Waals surface area contributed by atoms with E-state index in [-0.39, 0.29) is 18.2 Å². The Hall–Kier alpha value is -2.62. The minimum atomic E-state index is -3.43. The first-order valence-electron chi connectivity index (χ1n) is 11.1. The normalized spacial score (nSPS) is 14.6. The van der Waals surface area contributed by atoms with Gasteiger partial charge in [-0.1, -0.05) is 24.3 Å². The van der Waals surface area contributed by atoms with Crippen LogP contribution in [0.1, 0.15) is 17.5 Å². The highest BCUT2D eigenvalue weighted by Crippen LogP contribution is 2.17. The number of nitrogens with zero attached hydrogens (tertiary/aromatic N) is 2. The molecular formula is C24H33N3O5S. The Balaban J connectivity index is 1.68. The maximum absolute atomic E-state index is 13.1. The van der Waals surface area contributed by atoms with Gasteiger partial charge in [0.1, 0.15) is 11.5 Å². The number of hydrogen-bond donors (Lipinski definition) is 1. The second-order valence-electron chi connectivity index (χ2n) is 7.98. The summed E-state index contributed by atoms with van der Waals surface area (Å²) in [6.45, 7) is 2.69. The van der Waals surface area contributed by atoms with Crippen LogP contribution in [0.25, 0.3) is 0 Å². The molecule has 0 unspecified atom stereocenters. The molecule has 1 fully saturated rings. The largest absolute Gasteiger partial charge is 0.497 e. The van der Waals surface area contributed by atoms with Crippen molar-refractivity contribution >= 4 is 15.9 Å². The van der Waals surface area contributed by atoms with Crippen molar-refractivity contribution in [2.75, 3.05) is 52.7 Å². The van der Waals surface area contributed by atoms with Gasteiger partial charge in [-0.15, -0.1) is 0 Å². The number of methoxy groups -OCH3 is 2. The summed E-state index contributed by atoms with van der Waals surface area (Å²) in [6, 6.07) is 15.1. The van der Waals surface area contributed by atoms with Gasteiger partial charge in [0.05, 0.1) is 20.0 Å². The number of amides is 1. The number of sulfonamides is 1. The molecule has 2 aromatic rings. The lowest BCUT2D eigenvalue weighted by Crippen LogP contribution is -2.48. The van der Waals surface area contributed by atoms with Crippen molar-refractivity contribution in [3.63, 3.8) is 0 Å². The predicted molar refractivity (Wildman–Crippen MR) is 128 cm³/mol. The fourth-order valence-electron chi connectivity index (χ4n) is 3.76. The number of rotatable bonds is 11. The molecule has 0 saturated carbocycles. The first-order valence-corrected chi connectivity index (χ1v) is 12.7. The molecule has 1 N–H and O–H groups in total. The van der Waals surface area contributed by atoms with Crippen LogP contribution in [-0.2, 0) is 27.8 Å². The average molecular weight is 476 g/mol. The molecule has 1 aliphatic rings. The first-order chi connectivity index (χ1) is 15.9. The smallest absolute Gasteiger partial charge is 0.223 e. The lowest BCUT2D eigenvalue weighted by atomic mass is 10.1. The molecule has 0 bridgehead atoms. The van der Waals surface area contributed by atoms with Gasteiger partial charge < -0.3 is 19.7 Å². The van der Waals surface area contributed by atoms with E-state index in [9.17, 15) is 13.2 Å². The highest BCUT2D eigenvalue weighted by Gasteiger charge is 2.25. The Morgan fingerprint density at radius 2 is 1.70 bits per heavy atom. The average Bonchev–Trinajstić information content (AvgIpc) is 2.86. The molecule has 0 atom stereocenters. The maximum atomic E-state index is 13.1. The SMILES string of the molecule is COc1ccc(CCC(=O)N(CCS(=O)(=O)N2CCNCC2)Cc2cccc(OC)c2)cc1. The fourth-order valence-corrected chi connectivity index (χ4v) is 5.21. The van der Waals surface area contributed by atoms with Gasteiger partial charge in [-0.05, 0) is 41.8 Å². The van der Waals surface area contributed by atoms with Crippen LogP contribution in [0, 0.1) is 0 Å². The molecule has 33 heavy (non-hydrogen) atoms. The molecule has 1 saturated heterocycles. The van der Waals surface area contributed by atoms with Crippen LogP contribution in [-0.4, -0.2) is 76.2 Å². The van der Waals surface area contributed by atoms with Crippen LogP contribution in [0.3, 0.4) is 0 Å². The summed E-state index contributed by atoms with van der Waals surface area (Å²) in [6.07, 6.45) is 0.867. The molecule has 9 heteroatoms. The molecule has 3 rings (SSSR count). The number of ether oxygens (including phenoxy) is 2. The molecule has 0 aromatic heterocycles. The van der Waals surface area contributed by atoms with E-state index in [0.29, 0.717) is 51.3 Å². The quantitative estimate of drug-likeness (QED) is 0.534. The fraction of sp³-hybridized carbons (Fsp3) is 0.458. The summed E-state index contributed by atoms with van der Waals surface area (Å²) in [5.41, 5.74) is 1.92. The Kier molecular flexibility index (Phi) is 9.11. The number of benzene rings is 2. The van der Waals surface area contributed by atoms with Crippen molar-refractivity contribution in [2.24, 2.45) is 0 Å².